The Bertz CT molecular complexity index is 339. The Morgan fingerprint density at radius 1 is 1.33 bits per heavy atom. The molecular weight excluding hydrogens is 204 g/mol. The first-order chi connectivity index (χ1) is 7.22. The van der Waals surface area contributed by atoms with Crippen LogP contribution in [0.3, 0.4) is 0 Å². The summed E-state index contributed by atoms with van der Waals surface area (Å²) in [6.07, 6.45) is -1.28. The lowest BCUT2D eigenvalue weighted by Gasteiger charge is -2.12. The number of hydrogen-bond acceptors (Lipinski definition) is 3. The third-order valence-electron chi connectivity index (χ3n) is 2.25. The third-order valence-corrected chi connectivity index (χ3v) is 2.25. The predicted molar refractivity (Wildman–Crippen MR) is 49.0 cm³/mol. The molecule has 2 rings (SSSR count). The van der Waals surface area contributed by atoms with Crippen molar-refractivity contribution in [3.8, 4) is 0 Å². The van der Waals surface area contributed by atoms with Crippen LogP contribution in [0.5, 0.6) is 0 Å². The van der Waals surface area contributed by atoms with E-state index in [0.29, 0.717) is 0 Å². The molecule has 1 fully saturated rings. The topological polar surface area (TPSA) is 44.5 Å². The van der Waals surface area contributed by atoms with Gasteiger partial charge in [0.25, 0.3) is 0 Å². The highest BCUT2D eigenvalue weighted by Gasteiger charge is 2.30. The van der Waals surface area contributed by atoms with E-state index >= 15 is 0 Å². The standard InChI is InChI=1S/C10H11F2NO2/c11-7-2-1-3-8(12)9(7)10-14-5-6(4-13)15-10/h1-3,6,10H,4-5,13H2. The van der Waals surface area contributed by atoms with Gasteiger partial charge in [0.15, 0.2) is 6.29 Å². The Hall–Kier alpha value is -1.04. The normalized spacial score (nSPS) is 25.8. The summed E-state index contributed by atoms with van der Waals surface area (Å²) in [6, 6.07) is 3.63. The van der Waals surface area contributed by atoms with E-state index in [1.165, 1.54) is 18.2 Å². The summed E-state index contributed by atoms with van der Waals surface area (Å²) in [4.78, 5) is 0. The van der Waals surface area contributed by atoms with Gasteiger partial charge in [0.1, 0.15) is 11.6 Å². The second-order valence-electron chi connectivity index (χ2n) is 3.29. The molecule has 3 nitrogen and oxygen atoms in total. The molecule has 1 saturated heterocycles. The number of rotatable bonds is 2. The maximum atomic E-state index is 13.3. The molecule has 1 aliphatic rings. The lowest BCUT2D eigenvalue weighted by atomic mass is 10.2. The van der Waals surface area contributed by atoms with E-state index in [4.69, 9.17) is 15.2 Å². The zero-order valence-corrected chi connectivity index (χ0v) is 7.95. The molecule has 1 aliphatic heterocycles. The molecule has 1 aromatic carbocycles. The van der Waals surface area contributed by atoms with Crippen molar-refractivity contribution in [2.24, 2.45) is 5.73 Å². The van der Waals surface area contributed by atoms with E-state index in [0.717, 1.165) is 0 Å². The van der Waals surface area contributed by atoms with Crippen LogP contribution >= 0.6 is 0 Å². The van der Waals surface area contributed by atoms with Crippen LogP contribution in [-0.2, 0) is 9.47 Å². The van der Waals surface area contributed by atoms with Crippen LogP contribution in [0.25, 0.3) is 0 Å². The summed E-state index contributed by atoms with van der Waals surface area (Å²) in [6.45, 7) is 0.529. The molecule has 0 aliphatic carbocycles. The Kier molecular flexibility index (Phi) is 2.95. The summed E-state index contributed by atoms with van der Waals surface area (Å²) < 4.78 is 37.0. The van der Waals surface area contributed by atoms with Crippen molar-refractivity contribution >= 4 is 0 Å². The fraction of sp³-hybridized carbons (Fsp3) is 0.400. The molecule has 82 valence electrons. The molecule has 1 aromatic rings. The summed E-state index contributed by atoms with van der Waals surface area (Å²) >= 11 is 0. The molecule has 2 atom stereocenters. The molecule has 0 amide bonds. The van der Waals surface area contributed by atoms with E-state index in [-0.39, 0.29) is 24.8 Å². The van der Waals surface area contributed by atoms with Crippen molar-refractivity contribution in [1.82, 2.24) is 0 Å². The van der Waals surface area contributed by atoms with Crippen molar-refractivity contribution in [2.75, 3.05) is 13.2 Å². The predicted octanol–water partition coefficient (Wildman–Crippen LogP) is 1.34. The summed E-state index contributed by atoms with van der Waals surface area (Å²) in [7, 11) is 0. The minimum Gasteiger partial charge on any atom is -0.345 e. The Balaban J connectivity index is 2.23. The second kappa shape index (κ2) is 4.22. The Labute approximate surface area is 85.8 Å². The van der Waals surface area contributed by atoms with Crippen LogP contribution in [-0.4, -0.2) is 19.3 Å². The number of hydrogen-bond donors (Lipinski definition) is 1. The van der Waals surface area contributed by atoms with E-state index in [1.807, 2.05) is 0 Å². The number of ether oxygens (including phenoxy) is 2. The minimum absolute atomic E-state index is 0.187. The maximum absolute atomic E-state index is 13.3. The molecular formula is C10H11F2NO2. The first kappa shape index (κ1) is 10.5. The number of halogens is 2. The van der Waals surface area contributed by atoms with Gasteiger partial charge < -0.3 is 15.2 Å². The van der Waals surface area contributed by atoms with Crippen molar-refractivity contribution in [1.29, 1.82) is 0 Å². The molecule has 0 bridgehead atoms. The third kappa shape index (κ3) is 1.99. The smallest absolute Gasteiger partial charge is 0.190 e. The fourth-order valence-electron chi connectivity index (χ4n) is 1.46. The highest BCUT2D eigenvalue weighted by Crippen LogP contribution is 2.30. The first-order valence-corrected chi connectivity index (χ1v) is 4.63. The van der Waals surface area contributed by atoms with Gasteiger partial charge in [-0.2, -0.15) is 0 Å². The van der Waals surface area contributed by atoms with Crippen molar-refractivity contribution in [3.63, 3.8) is 0 Å². The molecule has 2 unspecified atom stereocenters. The van der Waals surface area contributed by atoms with E-state index < -0.39 is 17.9 Å². The van der Waals surface area contributed by atoms with Gasteiger partial charge in [0.05, 0.1) is 18.3 Å². The summed E-state index contributed by atoms with van der Waals surface area (Å²) in [5.41, 5.74) is 5.17. The van der Waals surface area contributed by atoms with Gasteiger partial charge in [-0.15, -0.1) is 0 Å². The van der Waals surface area contributed by atoms with Crippen LogP contribution in [0.15, 0.2) is 18.2 Å². The van der Waals surface area contributed by atoms with Crippen LogP contribution in [0.2, 0.25) is 0 Å². The monoisotopic (exact) mass is 215 g/mol. The fourth-order valence-corrected chi connectivity index (χ4v) is 1.46. The molecule has 0 aromatic heterocycles. The van der Waals surface area contributed by atoms with Gasteiger partial charge in [0, 0.05) is 6.54 Å². The number of nitrogens with two attached hydrogens (primary N) is 1. The second-order valence-corrected chi connectivity index (χ2v) is 3.29. The molecule has 5 heteroatoms. The van der Waals surface area contributed by atoms with E-state index in [2.05, 4.69) is 0 Å². The van der Waals surface area contributed by atoms with Crippen LogP contribution in [0, 0.1) is 11.6 Å². The first-order valence-electron chi connectivity index (χ1n) is 4.63. The Morgan fingerprint density at radius 3 is 2.53 bits per heavy atom. The minimum atomic E-state index is -0.986. The number of benzene rings is 1. The zero-order chi connectivity index (χ0) is 10.8. The lowest BCUT2D eigenvalue weighted by Crippen LogP contribution is -2.21. The molecule has 0 spiro atoms. The SMILES string of the molecule is NCC1COC(c2c(F)cccc2F)O1. The molecule has 0 radical (unpaired) electrons. The van der Waals surface area contributed by atoms with Crippen LogP contribution in [0.4, 0.5) is 8.78 Å². The Morgan fingerprint density at radius 2 is 2.00 bits per heavy atom. The van der Waals surface area contributed by atoms with Crippen LogP contribution < -0.4 is 5.73 Å². The molecule has 0 saturated carbocycles. The van der Waals surface area contributed by atoms with Crippen LogP contribution in [0.1, 0.15) is 11.9 Å². The van der Waals surface area contributed by atoms with Gasteiger partial charge in [-0.1, -0.05) is 6.07 Å². The summed E-state index contributed by atoms with van der Waals surface area (Å²) in [5.74, 6) is -1.34. The summed E-state index contributed by atoms with van der Waals surface area (Å²) in [5, 5.41) is 0. The average Bonchev–Trinajstić information content (AvgIpc) is 2.66. The zero-order valence-electron chi connectivity index (χ0n) is 7.95. The van der Waals surface area contributed by atoms with Crippen molar-refractivity contribution < 1.29 is 18.3 Å². The molecule has 2 N–H and O–H groups in total. The van der Waals surface area contributed by atoms with Crippen molar-refractivity contribution in [2.45, 2.75) is 12.4 Å². The maximum Gasteiger partial charge on any atom is 0.190 e. The van der Waals surface area contributed by atoms with Gasteiger partial charge in [-0.3, -0.25) is 0 Å². The highest BCUT2D eigenvalue weighted by atomic mass is 19.1. The van der Waals surface area contributed by atoms with E-state index in [9.17, 15) is 8.78 Å². The molecule has 1 heterocycles. The van der Waals surface area contributed by atoms with Gasteiger partial charge in [-0.05, 0) is 12.1 Å². The highest BCUT2D eigenvalue weighted by molar-refractivity contribution is 5.21. The van der Waals surface area contributed by atoms with Crippen molar-refractivity contribution in [3.05, 3.63) is 35.4 Å². The van der Waals surface area contributed by atoms with E-state index in [1.54, 1.807) is 0 Å². The lowest BCUT2D eigenvalue weighted by molar-refractivity contribution is -0.0630. The van der Waals surface area contributed by atoms with Gasteiger partial charge >= 0.3 is 0 Å². The largest absolute Gasteiger partial charge is 0.345 e. The van der Waals surface area contributed by atoms with Gasteiger partial charge in [-0.25, -0.2) is 8.78 Å². The molecule has 15 heavy (non-hydrogen) atoms. The average molecular weight is 215 g/mol. The van der Waals surface area contributed by atoms with Gasteiger partial charge in [0.2, 0.25) is 0 Å². The quantitative estimate of drug-likeness (QED) is 0.809.